The molecule has 0 N–H and O–H groups in total. The maximum Gasteiger partial charge on any atom is 0.225 e. The van der Waals surface area contributed by atoms with Crippen LogP contribution in [0.15, 0.2) is 47.8 Å². The Hall–Kier alpha value is -3.47. The minimum Gasteiger partial charge on any atom is -0.341 e. The van der Waals surface area contributed by atoms with Gasteiger partial charge >= 0.3 is 0 Å². The Morgan fingerprint density at radius 1 is 1.06 bits per heavy atom. The summed E-state index contributed by atoms with van der Waals surface area (Å²) in [4.78, 5) is 15.5. The van der Waals surface area contributed by atoms with Gasteiger partial charge in [-0.3, -0.25) is 4.98 Å². The van der Waals surface area contributed by atoms with E-state index in [1.165, 1.54) is 12.1 Å². The van der Waals surface area contributed by atoms with Crippen molar-refractivity contribution in [2.24, 2.45) is 0 Å². The van der Waals surface area contributed by atoms with Gasteiger partial charge in [-0.15, -0.1) is 5.10 Å². The fourth-order valence-corrected chi connectivity index (χ4v) is 4.83. The first-order valence-electron chi connectivity index (χ1n) is 11.1. The topological polar surface area (TPSA) is 107 Å². The Bertz CT molecular complexity index is 1450. The van der Waals surface area contributed by atoms with Crippen LogP contribution in [-0.2, 0) is 16.3 Å². The zero-order valence-corrected chi connectivity index (χ0v) is 19.7. The van der Waals surface area contributed by atoms with E-state index in [1.807, 2.05) is 17.1 Å². The number of piperidine rings is 1. The number of nitrogens with zero attached hydrogens (tertiary/aromatic N) is 7. The summed E-state index contributed by atoms with van der Waals surface area (Å²) in [6.45, 7) is 3.69. The normalized spacial score (nSPS) is 15.2. The number of rotatable bonds is 5. The van der Waals surface area contributed by atoms with Crippen molar-refractivity contribution >= 4 is 26.8 Å². The highest BCUT2D eigenvalue weighted by Crippen LogP contribution is 2.29. The number of benzene rings is 1. The molecule has 0 amide bonds. The number of halogens is 1. The van der Waals surface area contributed by atoms with Crippen LogP contribution in [0.5, 0.6) is 0 Å². The number of hydrogen-bond donors (Lipinski definition) is 0. The van der Waals surface area contributed by atoms with Gasteiger partial charge in [0.1, 0.15) is 16.9 Å². The first kappa shape index (κ1) is 22.3. The van der Waals surface area contributed by atoms with Crippen LogP contribution in [0.4, 0.5) is 10.3 Å². The van der Waals surface area contributed by atoms with Crippen LogP contribution in [0.25, 0.3) is 22.3 Å². The van der Waals surface area contributed by atoms with Gasteiger partial charge in [-0.2, -0.15) is 0 Å². The molecule has 0 unspecified atom stereocenters. The number of fused-ring (bicyclic) bond motifs is 1. The molecule has 1 aromatic carbocycles. The van der Waals surface area contributed by atoms with Gasteiger partial charge in [-0.05, 0) is 49.1 Å². The number of aromatic nitrogens is 6. The summed E-state index contributed by atoms with van der Waals surface area (Å²) < 4.78 is 39.9. The zero-order chi connectivity index (χ0) is 23.9. The molecule has 1 fully saturated rings. The number of sulfone groups is 1. The molecule has 4 aromatic rings. The van der Waals surface area contributed by atoms with Gasteiger partial charge in [-0.1, -0.05) is 12.1 Å². The van der Waals surface area contributed by atoms with Gasteiger partial charge in [0.15, 0.2) is 9.84 Å². The van der Waals surface area contributed by atoms with Crippen LogP contribution in [0.2, 0.25) is 0 Å². The highest BCUT2D eigenvalue weighted by atomic mass is 32.2. The molecule has 0 radical (unpaired) electrons. The van der Waals surface area contributed by atoms with Crippen LogP contribution < -0.4 is 4.90 Å². The predicted molar refractivity (Wildman–Crippen MR) is 126 cm³/mol. The molecule has 34 heavy (non-hydrogen) atoms. The summed E-state index contributed by atoms with van der Waals surface area (Å²) in [5.41, 5.74) is 3.09. The predicted octanol–water partition coefficient (Wildman–Crippen LogP) is 3.23. The van der Waals surface area contributed by atoms with Crippen molar-refractivity contribution in [3.8, 4) is 11.3 Å². The molecule has 1 aliphatic heterocycles. The van der Waals surface area contributed by atoms with Gasteiger partial charge in [0.05, 0.1) is 22.8 Å². The maximum absolute atomic E-state index is 14.6. The zero-order valence-electron chi connectivity index (χ0n) is 18.9. The lowest BCUT2D eigenvalue weighted by Crippen LogP contribution is -2.36. The Morgan fingerprint density at radius 2 is 1.79 bits per heavy atom. The molecule has 0 bridgehead atoms. The molecule has 0 saturated carbocycles. The minimum absolute atomic E-state index is 0.0705. The van der Waals surface area contributed by atoms with E-state index in [4.69, 9.17) is 0 Å². The summed E-state index contributed by atoms with van der Waals surface area (Å²) >= 11 is 0. The van der Waals surface area contributed by atoms with Crippen molar-refractivity contribution < 1.29 is 12.8 Å². The molecule has 1 saturated heterocycles. The fraction of sp³-hybridized carbons (Fsp3) is 0.348. The van der Waals surface area contributed by atoms with Gasteiger partial charge < -0.3 is 4.90 Å². The minimum atomic E-state index is -3.49. The maximum atomic E-state index is 14.6. The smallest absolute Gasteiger partial charge is 0.225 e. The Morgan fingerprint density at radius 3 is 2.44 bits per heavy atom. The third-order valence-corrected chi connectivity index (χ3v) is 7.31. The summed E-state index contributed by atoms with van der Waals surface area (Å²) in [6.07, 6.45) is 9.08. The second-order valence-corrected chi connectivity index (χ2v) is 10.5. The van der Waals surface area contributed by atoms with E-state index in [-0.39, 0.29) is 16.5 Å². The first-order chi connectivity index (χ1) is 16.3. The van der Waals surface area contributed by atoms with Crippen LogP contribution in [0.1, 0.15) is 31.4 Å². The average molecular weight is 482 g/mol. The average Bonchev–Trinajstić information content (AvgIpc) is 3.27. The van der Waals surface area contributed by atoms with Crippen molar-refractivity contribution in [3.05, 3.63) is 54.2 Å². The SMILES string of the molecule is CCc1cnc(N2CCC(n3nnc4cc(-c5ccc(S(C)(=O)=O)cc5F)ncc43)CC2)nc1. The van der Waals surface area contributed by atoms with Crippen molar-refractivity contribution in [1.29, 1.82) is 0 Å². The van der Waals surface area contributed by atoms with Crippen LogP contribution in [0.3, 0.4) is 0 Å². The lowest BCUT2D eigenvalue weighted by Gasteiger charge is -2.32. The molecular weight excluding hydrogens is 457 g/mol. The van der Waals surface area contributed by atoms with Crippen molar-refractivity contribution in [3.63, 3.8) is 0 Å². The van der Waals surface area contributed by atoms with Crippen molar-refractivity contribution in [1.82, 2.24) is 29.9 Å². The number of aryl methyl sites for hydroxylation is 1. The van der Waals surface area contributed by atoms with E-state index in [2.05, 4.69) is 37.1 Å². The number of anilines is 1. The molecule has 1 aliphatic rings. The highest BCUT2D eigenvalue weighted by molar-refractivity contribution is 7.90. The summed E-state index contributed by atoms with van der Waals surface area (Å²) in [5, 5.41) is 8.63. The van der Waals surface area contributed by atoms with Crippen molar-refractivity contribution in [2.75, 3.05) is 24.2 Å². The van der Waals surface area contributed by atoms with E-state index in [0.717, 1.165) is 61.7 Å². The van der Waals surface area contributed by atoms with Gasteiger partial charge in [-0.25, -0.2) is 27.5 Å². The highest BCUT2D eigenvalue weighted by Gasteiger charge is 2.25. The Labute approximate surface area is 196 Å². The van der Waals surface area contributed by atoms with Crippen LogP contribution in [0, 0.1) is 5.82 Å². The largest absolute Gasteiger partial charge is 0.341 e. The molecule has 5 rings (SSSR count). The van der Waals surface area contributed by atoms with Crippen LogP contribution in [-0.4, -0.2) is 57.7 Å². The van der Waals surface area contributed by atoms with Crippen molar-refractivity contribution in [2.45, 2.75) is 37.1 Å². The summed E-state index contributed by atoms with van der Waals surface area (Å²) in [5.74, 6) is 0.0954. The molecule has 11 heteroatoms. The van der Waals surface area contributed by atoms with E-state index >= 15 is 0 Å². The van der Waals surface area contributed by atoms with E-state index in [0.29, 0.717) is 11.2 Å². The quantitative estimate of drug-likeness (QED) is 0.428. The molecule has 3 aromatic heterocycles. The number of hydrogen-bond acceptors (Lipinski definition) is 8. The monoisotopic (exact) mass is 481 g/mol. The second kappa shape index (κ2) is 8.71. The van der Waals surface area contributed by atoms with E-state index in [9.17, 15) is 12.8 Å². The molecule has 176 valence electrons. The molecule has 9 nitrogen and oxygen atoms in total. The number of pyridine rings is 1. The van der Waals surface area contributed by atoms with Gasteiger partial charge in [0.25, 0.3) is 0 Å². The summed E-state index contributed by atoms with van der Waals surface area (Å²) in [7, 11) is -3.49. The van der Waals surface area contributed by atoms with E-state index < -0.39 is 15.7 Å². The molecule has 0 atom stereocenters. The molecule has 0 spiro atoms. The molecule has 0 aliphatic carbocycles. The Kier molecular flexibility index (Phi) is 5.72. The third-order valence-electron chi connectivity index (χ3n) is 6.20. The third kappa shape index (κ3) is 4.23. The lowest BCUT2D eigenvalue weighted by atomic mass is 10.1. The fourth-order valence-electron chi connectivity index (χ4n) is 4.19. The standard InChI is InChI=1S/C23H24FN7O2S/c1-3-15-12-26-23(27-13-15)30-8-6-16(7-9-30)31-22-14-25-20(11-21(22)28-29-31)18-5-4-17(10-19(18)24)34(2,32)33/h4-5,10-14,16H,3,6-9H2,1-2H3. The van der Waals surface area contributed by atoms with Crippen LogP contribution >= 0.6 is 0 Å². The second-order valence-electron chi connectivity index (χ2n) is 8.47. The lowest BCUT2D eigenvalue weighted by molar-refractivity contribution is 0.366. The van der Waals surface area contributed by atoms with Gasteiger partial charge in [0, 0.05) is 37.3 Å². The molecular formula is C23H24FN7O2S. The van der Waals surface area contributed by atoms with Gasteiger partial charge in [0.2, 0.25) is 5.95 Å². The Balaban J connectivity index is 1.34. The van der Waals surface area contributed by atoms with E-state index in [1.54, 1.807) is 12.3 Å². The summed E-state index contributed by atoms with van der Waals surface area (Å²) in [6, 6.07) is 5.66. The molecule has 4 heterocycles. The first-order valence-corrected chi connectivity index (χ1v) is 13.0.